The second-order valence-electron chi connectivity index (χ2n) is 6.51. The van der Waals surface area contributed by atoms with E-state index >= 15 is 0 Å². The van der Waals surface area contributed by atoms with E-state index in [0.29, 0.717) is 35.3 Å². The maximum atomic E-state index is 13.2. The van der Waals surface area contributed by atoms with Gasteiger partial charge in [0.15, 0.2) is 12.4 Å². The van der Waals surface area contributed by atoms with Crippen LogP contribution in [0, 0.1) is 0 Å². The number of methoxy groups -OCH3 is 1. The summed E-state index contributed by atoms with van der Waals surface area (Å²) in [6.07, 6.45) is 1.50. The number of carbonyl (C=O) groups excluding carboxylic acids is 1. The molecule has 0 spiro atoms. The molecule has 0 N–H and O–H groups in total. The molecule has 0 fully saturated rings. The molecule has 0 bridgehead atoms. The normalized spacial score (nSPS) is 10.7. The van der Waals surface area contributed by atoms with Crippen LogP contribution in [0.1, 0.15) is 25.8 Å². The molecular weight excluding hydrogens is 372 g/mol. The molecule has 0 atom stereocenters. The summed E-state index contributed by atoms with van der Waals surface area (Å²) in [4.78, 5) is 25.1. The van der Waals surface area contributed by atoms with Crippen LogP contribution in [0.15, 0.2) is 51.7 Å². The molecule has 2 aromatic carbocycles. The smallest absolute Gasteiger partial charge is 0.344 e. The third-order valence-electron chi connectivity index (χ3n) is 4.48. The van der Waals surface area contributed by atoms with Crippen molar-refractivity contribution in [2.45, 2.75) is 26.7 Å². The molecule has 0 unspecified atom stereocenters. The zero-order valence-electron chi connectivity index (χ0n) is 16.8. The minimum absolute atomic E-state index is 0.00984. The first-order valence-corrected chi connectivity index (χ1v) is 9.60. The second kappa shape index (κ2) is 9.28. The van der Waals surface area contributed by atoms with E-state index in [1.165, 1.54) is 0 Å². The number of hydrogen-bond acceptors (Lipinski definition) is 6. The number of aryl methyl sites for hydroxylation is 1. The van der Waals surface area contributed by atoms with Crippen LogP contribution in [-0.2, 0) is 16.0 Å². The predicted octanol–water partition coefficient (Wildman–Crippen LogP) is 4.36. The fourth-order valence-electron chi connectivity index (χ4n) is 2.90. The van der Waals surface area contributed by atoms with Gasteiger partial charge in [-0.25, -0.2) is 4.79 Å². The highest BCUT2D eigenvalue weighted by atomic mass is 16.6. The lowest BCUT2D eigenvalue weighted by Crippen LogP contribution is -2.19. The van der Waals surface area contributed by atoms with Gasteiger partial charge < -0.3 is 18.6 Å². The Labute approximate surface area is 169 Å². The van der Waals surface area contributed by atoms with Crippen LogP contribution >= 0.6 is 0 Å². The first kappa shape index (κ1) is 20.5. The van der Waals surface area contributed by atoms with Gasteiger partial charge in [0.2, 0.25) is 11.2 Å². The minimum Gasteiger partial charge on any atom is -0.497 e. The van der Waals surface area contributed by atoms with Gasteiger partial charge in [0.05, 0.1) is 19.1 Å². The van der Waals surface area contributed by atoms with Crippen molar-refractivity contribution in [2.75, 3.05) is 20.3 Å². The van der Waals surface area contributed by atoms with Crippen LogP contribution in [0.25, 0.3) is 22.3 Å². The lowest BCUT2D eigenvalue weighted by atomic mass is 10.1. The average molecular weight is 396 g/mol. The Bertz CT molecular complexity index is 1050. The van der Waals surface area contributed by atoms with E-state index in [1.807, 2.05) is 19.9 Å². The Balaban J connectivity index is 2.08. The molecule has 152 valence electrons. The van der Waals surface area contributed by atoms with Crippen molar-refractivity contribution in [3.05, 3.63) is 58.3 Å². The summed E-state index contributed by atoms with van der Waals surface area (Å²) in [6.45, 7) is 3.85. The molecule has 3 aromatic rings. The molecule has 6 heteroatoms. The highest BCUT2D eigenvalue weighted by Crippen LogP contribution is 2.32. The summed E-state index contributed by atoms with van der Waals surface area (Å²) in [5.74, 6) is 0.395. The number of benzene rings is 2. The molecular formula is C23H24O6. The number of rotatable bonds is 8. The fourth-order valence-corrected chi connectivity index (χ4v) is 2.90. The predicted molar refractivity (Wildman–Crippen MR) is 111 cm³/mol. The van der Waals surface area contributed by atoms with E-state index in [0.717, 1.165) is 12.0 Å². The van der Waals surface area contributed by atoms with Gasteiger partial charge in [0.25, 0.3) is 0 Å². The Morgan fingerprint density at radius 2 is 1.83 bits per heavy atom. The van der Waals surface area contributed by atoms with Gasteiger partial charge in [-0.05, 0) is 54.8 Å². The number of esters is 1. The molecule has 0 radical (unpaired) electrons. The van der Waals surface area contributed by atoms with Gasteiger partial charge in [-0.15, -0.1) is 0 Å². The first-order chi connectivity index (χ1) is 14.1. The van der Waals surface area contributed by atoms with Crippen molar-refractivity contribution < 1.29 is 23.4 Å². The highest BCUT2D eigenvalue weighted by Gasteiger charge is 2.19. The van der Waals surface area contributed by atoms with Crippen LogP contribution in [0.3, 0.4) is 0 Å². The Morgan fingerprint density at radius 1 is 1.07 bits per heavy atom. The maximum absolute atomic E-state index is 13.2. The van der Waals surface area contributed by atoms with Gasteiger partial charge >= 0.3 is 5.97 Å². The average Bonchev–Trinajstić information content (AvgIpc) is 2.76. The van der Waals surface area contributed by atoms with Crippen LogP contribution < -0.4 is 14.9 Å². The van der Waals surface area contributed by atoms with Crippen molar-refractivity contribution in [3.63, 3.8) is 0 Å². The van der Waals surface area contributed by atoms with E-state index in [9.17, 15) is 9.59 Å². The van der Waals surface area contributed by atoms with Crippen LogP contribution in [0.4, 0.5) is 0 Å². The van der Waals surface area contributed by atoms with Gasteiger partial charge in [-0.3, -0.25) is 4.79 Å². The van der Waals surface area contributed by atoms with Crippen molar-refractivity contribution >= 4 is 16.9 Å². The standard InChI is InChI=1S/C23H24O6/c1-4-12-27-20(24)14-28-23-21(25)18-13-15(5-2)6-11-19(18)29-22(23)16-7-9-17(26-3)10-8-16/h6-11,13H,4-5,12,14H2,1-3H3. The minimum atomic E-state index is -0.533. The molecule has 0 aliphatic heterocycles. The summed E-state index contributed by atoms with van der Waals surface area (Å²) in [7, 11) is 1.58. The van der Waals surface area contributed by atoms with Crippen LogP contribution in [0.2, 0.25) is 0 Å². The van der Waals surface area contributed by atoms with E-state index in [-0.39, 0.29) is 23.5 Å². The van der Waals surface area contributed by atoms with Crippen LogP contribution in [-0.4, -0.2) is 26.3 Å². The molecule has 0 saturated heterocycles. The lowest BCUT2D eigenvalue weighted by molar-refractivity contribution is -0.146. The SMILES string of the molecule is CCCOC(=O)COc1c(-c2ccc(OC)cc2)oc2ccc(CC)cc2c1=O. The van der Waals surface area contributed by atoms with E-state index < -0.39 is 5.97 Å². The topological polar surface area (TPSA) is 75.0 Å². The molecule has 3 rings (SSSR count). The van der Waals surface area contributed by atoms with Crippen molar-refractivity contribution in [1.82, 2.24) is 0 Å². The summed E-state index contributed by atoms with van der Waals surface area (Å²) in [5, 5.41) is 0.415. The molecule has 0 aliphatic rings. The number of ether oxygens (including phenoxy) is 3. The summed E-state index contributed by atoms with van der Waals surface area (Å²) < 4.78 is 21.9. The van der Waals surface area contributed by atoms with Crippen molar-refractivity contribution in [3.8, 4) is 22.8 Å². The second-order valence-corrected chi connectivity index (χ2v) is 6.51. The lowest BCUT2D eigenvalue weighted by Gasteiger charge is -2.12. The van der Waals surface area contributed by atoms with Crippen LogP contribution in [0.5, 0.6) is 11.5 Å². The Morgan fingerprint density at radius 3 is 2.48 bits per heavy atom. The quantitative estimate of drug-likeness (QED) is 0.527. The summed E-state index contributed by atoms with van der Waals surface area (Å²) >= 11 is 0. The number of hydrogen-bond donors (Lipinski definition) is 0. The fraction of sp³-hybridized carbons (Fsp3) is 0.304. The number of carbonyl (C=O) groups is 1. The maximum Gasteiger partial charge on any atom is 0.344 e. The Kier molecular flexibility index (Phi) is 6.54. The molecule has 1 heterocycles. The zero-order chi connectivity index (χ0) is 20.8. The molecule has 0 saturated carbocycles. The van der Waals surface area contributed by atoms with Gasteiger partial charge in [-0.1, -0.05) is 19.9 Å². The van der Waals surface area contributed by atoms with E-state index in [4.69, 9.17) is 18.6 Å². The van der Waals surface area contributed by atoms with E-state index in [1.54, 1.807) is 43.5 Å². The molecule has 0 aliphatic carbocycles. The van der Waals surface area contributed by atoms with Gasteiger partial charge in [0.1, 0.15) is 11.3 Å². The van der Waals surface area contributed by atoms with Crippen molar-refractivity contribution in [2.24, 2.45) is 0 Å². The molecule has 0 amide bonds. The summed E-state index contributed by atoms with van der Waals surface area (Å²) in [5.41, 5.74) is 1.78. The molecule has 1 aromatic heterocycles. The summed E-state index contributed by atoms with van der Waals surface area (Å²) in [6, 6.07) is 12.6. The van der Waals surface area contributed by atoms with E-state index in [2.05, 4.69) is 0 Å². The largest absolute Gasteiger partial charge is 0.497 e. The van der Waals surface area contributed by atoms with Gasteiger partial charge in [-0.2, -0.15) is 0 Å². The molecule has 29 heavy (non-hydrogen) atoms. The van der Waals surface area contributed by atoms with Gasteiger partial charge in [0, 0.05) is 5.56 Å². The third kappa shape index (κ3) is 4.59. The first-order valence-electron chi connectivity index (χ1n) is 9.60. The highest BCUT2D eigenvalue weighted by molar-refractivity contribution is 5.83. The third-order valence-corrected chi connectivity index (χ3v) is 4.48. The Hall–Kier alpha value is -3.28. The number of fused-ring (bicyclic) bond motifs is 1. The zero-order valence-corrected chi connectivity index (χ0v) is 16.8. The van der Waals surface area contributed by atoms with Crippen molar-refractivity contribution in [1.29, 1.82) is 0 Å². The monoisotopic (exact) mass is 396 g/mol. The molecule has 6 nitrogen and oxygen atoms in total.